The summed E-state index contributed by atoms with van der Waals surface area (Å²) < 4.78 is 13.2. The Morgan fingerprint density at radius 1 is 1.54 bits per heavy atom. The average Bonchev–Trinajstić information content (AvgIpc) is 2.42. The quantitative estimate of drug-likeness (QED) is 0.700. The molecule has 1 amide bonds. The van der Waals surface area contributed by atoms with Crippen LogP contribution in [0.1, 0.15) is 18.1 Å². The number of carbonyl (C=O) groups excluding carboxylic acids is 1. The van der Waals surface area contributed by atoms with Gasteiger partial charge in [0.25, 0.3) is 0 Å². The smallest absolute Gasteiger partial charge is 0.228 e. The number of rotatable bonds is 1. The van der Waals surface area contributed by atoms with Crippen LogP contribution in [0.4, 0.5) is 10.1 Å². The number of fused-ring (bicyclic) bond motifs is 1. The van der Waals surface area contributed by atoms with Gasteiger partial charge in [0.1, 0.15) is 5.82 Å². The predicted molar refractivity (Wildman–Crippen MR) is 48.1 cm³/mol. The van der Waals surface area contributed by atoms with Crippen LogP contribution in [0.2, 0.25) is 0 Å². The van der Waals surface area contributed by atoms with Gasteiger partial charge < -0.3 is 5.32 Å². The van der Waals surface area contributed by atoms with Crippen LogP contribution in [0.5, 0.6) is 0 Å². The standard InChI is InChI=1S/C10H10FNO/c1-2-6-3-7-4-10(13)12-9(7)5-8(6)11/h3,5H,2,4H2,1H3,(H,12,13). The Labute approximate surface area is 75.8 Å². The van der Waals surface area contributed by atoms with Gasteiger partial charge >= 0.3 is 0 Å². The van der Waals surface area contributed by atoms with Crippen molar-refractivity contribution in [2.24, 2.45) is 0 Å². The number of hydrogen-bond donors (Lipinski definition) is 1. The molecular formula is C10H10FNO. The van der Waals surface area contributed by atoms with E-state index < -0.39 is 0 Å². The van der Waals surface area contributed by atoms with Crippen molar-refractivity contribution in [3.05, 3.63) is 29.1 Å². The largest absolute Gasteiger partial charge is 0.325 e. The third kappa shape index (κ3) is 1.30. The van der Waals surface area contributed by atoms with Gasteiger partial charge in [0.2, 0.25) is 5.91 Å². The first-order valence-electron chi connectivity index (χ1n) is 4.32. The molecule has 0 saturated carbocycles. The highest BCUT2D eigenvalue weighted by Gasteiger charge is 2.19. The minimum Gasteiger partial charge on any atom is -0.325 e. The summed E-state index contributed by atoms with van der Waals surface area (Å²) in [5.41, 5.74) is 2.21. The maximum atomic E-state index is 13.2. The summed E-state index contributed by atoms with van der Waals surface area (Å²) in [5.74, 6) is -0.286. The fourth-order valence-electron chi connectivity index (χ4n) is 1.57. The number of nitrogens with one attached hydrogen (secondary N) is 1. The molecule has 0 fully saturated rings. The number of aryl methyl sites for hydroxylation is 1. The van der Waals surface area contributed by atoms with E-state index in [0.29, 0.717) is 24.1 Å². The lowest BCUT2D eigenvalue weighted by Gasteiger charge is -2.03. The third-order valence-corrected chi connectivity index (χ3v) is 2.28. The summed E-state index contributed by atoms with van der Waals surface area (Å²) in [4.78, 5) is 11.0. The lowest BCUT2D eigenvalue weighted by Crippen LogP contribution is -2.03. The molecule has 0 aliphatic carbocycles. The minimum atomic E-state index is -0.233. The van der Waals surface area contributed by atoms with E-state index in [1.807, 2.05) is 6.92 Å². The van der Waals surface area contributed by atoms with E-state index in [2.05, 4.69) is 5.32 Å². The molecule has 0 unspecified atom stereocenters. The molecule has 0 aromatic heterocycles. The third-order valence-electron chi connectivity index (χ3n) is 2.28. The van der Waals surface area contributed by atoms with Gasteiger partial charge in [-0.1, -0.05) is 13.0 Å². The van der Waals surface area contributed by atoms with Crippen molar-refractivity contribution in [1.82, 2.24) is 0 Å². The Hall–Kier alpha value is -1.38. The molecule has 1 aromatic rings. The molecule has 0 saturated heterocycles. The fraction of sp³-hybridized carbons (Fsp3) is 0.300. The number of carbonyl (C=O) groups is 1. The molecule has 0 atom stereocenters. The second kappa shape index (κ2) is 2.83. The van der Waals surface area contributed by atoms with E-state index >= 15 is 0 Å². The van der Waals surface area contributed by atoms with Crippen molar-refractivity contribution < 1.29 is 9.18 Å². The first-order chi connectivity index (χ1) is 6.20. The highest BCUT2D eigenvalue weighted by Crippen LogP contribution is 2.26. The lowest BCUT2D eigenvalue weighted by molar-refractivity contribution is -0.115. The van der Waals surface area contributed by atoms with E-state index in [1.165, 1.54) is 6.07 Å². The molecular weight excluding hydrogens is 169 g/mol. The maximum absolute atomic E-state index is 13.2. The van der Waals surface area contributed by atoms with Gasteiger partial charge in [-0.15, -0.1) is 0 Å². The minimum absolute atomic E-state index is 0.0531. The Balaban J connectivity index is 2.50. The van der Waals surface area contributed by atoms with Gasteiger partial charge in [0.05, 0.1) is 6.42 Å². The number of benzene rings is 1. The molecule has 1 aliphatic rings. The normalized spacial score (nSPS) is 14.2. The highest BCUT2D eigenvalue weighted by atomic mass is 19.1. The number of hydrogen-bond acceptors (Lipinski definition) is 1. The van der Waals surface area contributed by atoms with Crippen LogP contribution in [0.3, 0.4) is 0 Å². The van der Waals surface area contributed by atoms with Crippen LogP contribution in [0.15, 0.2) is 12.1 Å². The topological polar surface area (TPSA) is 29.1 Å². The SMILES string of the molecule is CCc1cc2c(cc1F)NC(=O)C2. The molecule has 1 N–H and O–H groups in total. The van der Waals surface area contributed by atoms with Crippen molar-refractivity contribution in [2.75, 3.05) is 5.32 Å². The van der Waals surface area contributed by atoms with Crippen LogP contribution in [-0.2, 0) is 17.6 Å². The molecule has 2 rings (SSSR count). The fourth-order valence-corrected chi connectivity index (χ4v) is 1.57. The van der Waals surface area contributed by atoms with Crippen LogP contribution in [0.25, 0.3) is 0 Å². The molecule has 68 valence electrons. The summed E-state index contributed by atoms with van der Waals surface area (Å²) in [7, 11) is 0. The molecule has 2 nitrogen and oxygen atoms in total. The van der Waals surface area contributed by atoms with Crippen LogP contribution >= 0.6 is 0 Å². The van der Waals surface area contributed by atoms with E-state index in [9.17, 15) is 9.18 Å². The monoisotopic (exact) mass is 179 g/mol. The maximum Gasteiger partial charge on any atom is 0.228 e. The summed E-state index contributed by atoms with van der Waals surface area (Å²) in [6.45, 7) is 1.90. The lowest BCUT2D eigenvalue weighted by atomic mass is 10.1. The van der Waals surface area contributed by atoms with Gasteiger partial charge in [0.15, 0.2) is 0 Å². The second-order valence-electron chi connectivity index (χ2n) is 3.18. The van der Waals surface area contributed by atoms with Gasteiger partial charge in [-0.25, -0.2) is 4.39 Å². The number of halogens is 1. The van der Waals surface area contributed by atoms with Crippen LogP contribution in [0, 0.1) is 5.82 Å². The van der Waals surface area contributed by atoms with E-state index in [4.69, 9.17) is 0 Å². The highest BCUT2D eigenvalue weighted by molar-refractivity contribution is 5.99. The van der Waals surface area contributed by atoms with E-state index in [0.717, 1.165) is 5.56 Å². The predicted octanol–water partition coefficient (Wildman–Crippen LogP) is 1.88. The summed E-state index contributed by atoms with van der Waals surface area (Å²) in [5, 5.41) is 2.61. The van der Waals surface area contributed by atoms with Crippen molar-refractivity contribution in [2.45, 2.75) is 19.8 Å². The summed E-state index contributed by atoms with van der Waals surface area (Å²) in [6.07, 6.45) is 1.04. The van der Waals surface area contributed by atoms with E-state index in [1.54, 1.807) is 6.07 Å². The molecule has 13 heavy (non-hydrogen) atoms. The van der Waals surface area contributed by atoms with Crippen molar-refractivity contribution >= 4 is 11.6 Å². The van der Waals surface area contributed by atoms with Crippen LogP contribution < -0.4 is 5.32 Å². The zero-order chi connectivity index (χ0) is 9.42. The molecule has 0 bridgehead atoms. The molecule has 1 heterocycles. The number of anilines is 1. The van der Waals surface area contributed by atoms with Gasteiger partial charge in [-0.3, -0.25) is 4.79 Å². The molecule has 1 aliphatic heterocycles. The second-order valence-corrected chi connectivity index (χ2v) is 3.18. The van der Waals surface area contributed by atoms with E-state index in [-0.39, 0.29) is 11.7 Å². The van der Waals surface area contributed by atoms with Crippen molar-refractivity contribution in [3.8, 4) is 0 Å². The molecule has 3 heteroatoms. The van der Waals surface area contributed by atoms with Crippen molar-refractivity contribution in [3.63, 3.8) is 0 Å². The molecule has 0 radical (unpaired) electrons. The average molecular weight is 179 g/mol. The zero-order valence-electron chi connectivity index (χ0n) is 7.36. The summed E-state index contributed by atoms with van der Waals surface area (Å²) in [6, 6.07) is 3.17. The Morgan fingerprint density at radius 2 is 2.31 bits per heavy atom. The molecule has 1 aromatic carbocycles. The Bertz CT molecular complexity index is 373. The summed E-state index contributed by atoms with van der Waals surface area (Å²) >= 11 is 0. The number of amides is 1. The Kier molecular flexibility index (Phi) is 1.79. The molecule has 0 spiro atoms. The first-order valence-corrected chi connectivity index (χ1v) is 4.32. The van der Waals surface area contributed by atoms with Gasteiger partial charge in [0, 0.05) is 5.69 Å². The Morgan fingerprint density at radius 3 is 3.00 bits per heavy atom. The van der Waals surface area contributed by atoms with Crippen molar-refractivity contribution in [1.29, 1.82) is 0 Å². The zero-order valence-corrected chi connectivity index (χ0v) is 7.36. The van der Waals surface area contributed by atoms with Crippen LogP contribution in [-0.4, -0.2) is 5.91 Å². The first kappa shape index (κ1) is 8.23. The van der Waals surface area contributed by atoms with Gasteiger partial charge in [-0.05, 0) is 23.6 Å². The van der Waals surface area contributed by atoms with Gasteiger partial charge in [-0.2, -0.15) is 0 Å².